The fourth-order valence-electron chi connectivity index (χ4n) is 2.53. The molecule has 1 fully saturated rings. The Kier molecular flexibility index (Phi) is 4.30. The lowest BCUT2D eigenvalue weighted by Gasteiger charge is -2.30. The highest BCUT2D eigenvalue weighted by Crippen LogP contribution is 2.26. The summed E-state index contributed by atoms with van der Waals surface area (Å²) in [5.41, 5.74) is 0.569. The molecule has 5 nitrogen and oxygen atoms in total. The van der Waals surface area contributed by atoms with Gasteiger partial charge in [-0.2, -0.15) is 0 Å². The Balaban J connectivity index is 2.09. The van der Waals surface area contributed by atoms with Gasteiger partial charge in [0.25, 0.3) is 0 Å². The molecule has 1 atom stereocenters. The van der Waals surface area contributed by atoms with Crippen molar-refractivity contribution < 1.29 is 9.59 Å². The molecule has 0 aliphatic carbocycles. The molecule has 2 heterocycles. The minimum Gasteiger partial charge on any atom is -0.330 e. The summed E-state index contributed by atoms with van der Waals surface area (Å²) in [7, 11) is 0. The molecule has 0 saturated carbocycles. The van der Waals surface area contributed by atoms with Crippen molar-refractivity contribution in [1.82, 2.24) is 9.88 Å². The van der Waals surface area contributed by atoms with Crippen LogP contribution in [0.15, 0.2) is 18.3 Å². The lowest BCUT2D eigenvalue weighted by Crippen LogP contribution is -2.47. The number of hydrogen-bond acceptors (Lipinski definition) is 3. The Morgan fingerprint density at radius 2 is 2.10 bits per heavy atom. The lowest BCUT2D eigenvalue weighted by atomic mass is 9.94. The van der Waals surface area contributed by atoms with Gasteiger partial charge in [-0.3, -0.25) is 9.59 Å². The number of likely N-dealkylation sites (tertiary alicyclic amines) is 1. The third kappa shape index (κ3) is 3.60. The summed E-state index contributed by atoms with van der Waals surface area (Å²) >= 11 is 0. The number of aryl methyl sites for hydroxylation is 1. The Hall–Kier alpha value is -1.91. The van der Waals surface area contributed by atoms with Crippen LogP contribution >= 0.6 is 0 Å². The van der Waals surface area contributed by atoms with Crippen LogP contribution in [-0.2, 0) is 9.59 Å². The van der Waals surface area contributed by atoms with E-state index in [4.69, 9.17) is 0 Å². The Morgan fingerprint density at radius 1 is 1.38 bits per heavy atom. The number of anilines is 1. The summed E-state index contributed by atoms with van der Waals surface area (Å²) in [4.78, 5) is 30.7. The monoisotopic (exact) mass is 289 g/mol. The van der Waals surface area contributed by atoms with Crippen LogP contribution in [0.4, 0.5) is 5.82 Å². The zero-order chi connectivity index (χ0) is 15.6. The van der Waals surface area contributed by atoms with Crippen molar-refractivity contribution in [2.45, 2.75) is 46.6 Å². The predicted molar refractivity (Wildman–Crippen MR) is 81.8 cm³/mol. The topological polar surface area (TPSA) is 62.3 Å². The molecule has 114 valence electrons. The van der Waals surface area contributed by atoms with Gasteiger partial charge < -0.3 is 10.2 Å². The van der Waals surface area contributed by atoms with Crippen molar-refractivity contribution in [3.05, 3.63) is 23.9 Å². The highest BCUT2D eigenvalue weighted by molar-refractivity contribution is 5.97. The summed E-state index contributed by atoms with van der Waals surface area (Å²) in [6, 6.07) is 3.31. The van der Waals surface area contributed by atoms with Crippen LogP contribution in [0.25, 0.3) is 0 Å². The summed E-state index contributed by atoms with van der Waals surface area (Å²) in [5, 5.41) is 2.82. The van der Waals surface area contributed by atoms with Crippen molar-refractivity contribution in [3.63, 3.8) is 0 Å². The summed E-state index contributed by atoms with van der Waals surface area (Å²) in [6.45, 7) is 8.23. The predicted octanol–water partition coefficient (Wildman–Crippen LogP) is 2.37. The highest BCUT2D eigenvalue weighted by Gasteiger charge is 2.38. The van der Waals surface area contributed by atoms with Crippen LogP contribution in [0.2, 0.25) is 0 Å². The van der Waals surface area contributed by atoms with Gasteiger partial charge in [0.15, 0.2) is 0 Å². The van der Waals surface area contributed by atoms with Gasteiger partial charge in [0.2, 0.25) is 11.8 Å². The molecule has 1 aromatic heterocycles. The van der Waals surface area contributed by atoms with Gasteiger partial charge >= 0.3 is 0 Å². The van der Waals surface area contributed by atoms with E-state index in [1.807, 2.05) is 39.8 Å². The fraction of sp³-hybridized carbons (Fsp3) is 0.562. The molecule has 1 N–H and O–H groups in total. The maximum atomic E-state index is 12.4. The summed E-state index contributed by atoms with van der Waals surface area (Å²) in [6.07, 6.45) is 3.23. The maximum Gasteiger partial charge on any atom is 0.248 e. The second-order valence-corrected chi connectivity index (χ2v) is 6.61. The van der Waals surface area contributed by atoms with Gasteiger partial charge in [-0.1, -0.05) is 20.8 Å². The molecule has 2 rings (SSSR count). The molecular weight excluding hydrogens is 266 g/mol. The third-order valence-electron chi connectivity index (χ3n) is 3.62. The standard InChI is InChI=1S/C16H23N3O2/c1-11-7-8-17-13(10-11)18-14(20)12-6-5-9-19(12)15(21)16(2,3)4/h7-8,10,12H,5-6,9H2,1-4H3,(H,17,18,20)/t12-/m1/s1. The Bertz CT molecular complexity index is 549. The first-order valence-electron chi connectivity index (χ1n) is 7.33. The smallest absolute Gasteiger partial charge is 0.248 e. The van der Waals surface area contributed by atoms with E-state index < -0.39 is 5.41 Å². The molecule has 21 heavy (non-hydrogen) atoms. The third-order valence-corrected chi connectivity index (χ3v) is 3.62. The van der Waals surface area contributed by atoms with E-state index in [-0.39, 0.29) is 17.9 Å². The van der Waals surface area contributed by atoms with Crippen LogP contribution < -0.4 is 5.32 Å². The average molecular weight is 289 g/mol. The van der Waals surface area contributed by atoms with Crippen LogP contribution in [-0.4, -0.2) is 34.3 Å². The molecule has 0 bridgehead atoms. The molecule has 0 radical (unpaired) electrons. The van der Waals surface area contributed by atoms with E-state index in [9.17, 15) is 9.59 Å². The molecule has 0 aromatic carbocycles. The molecule has 2 amide bonds. The van der Waals surface area contributed by atoms with Crippen molar-refractivity contribution in [2.75, 3.05) is 11.9 Å². The SMILES string of the molecule is Cc1ccnc(NC(=O)[C@H]2CCCN2C(=O)C(C)(C)C)c1. The average Bonchev–Trinajstić information content (AvgIpc) is 2.85. The van der Waals surface area contributed by atoms with Gasteiger partial charge in [-0.05, 0) is 37.5 Å². The summed E-state index contributed by atoms with van der Waals surface area (Å²) < 4.78 is 0. The van der Waals surface area contributed by atoms with Crippen LogP contribution in [0.5, 0.6) is 0 Å². The first-order valence-corrected chi connectivity index (χ1v) is 7.33. The number of pyridine rings is 1. The molecule has 5 heteroatoms. The van der Waals surface area contributed by atoms with Gasteiger partial charge in [0.05, 0.1) is 0 Å². The summed E-state index contributed by atoms with van der Waals surface area (Å²) in [5.74, 6) is 0.413. The van der Waals surface area contributed by atoms with Gasteiger partial charge in [0.1, 0.15) is 11.9 Å². The Labute approximate surface area is 125 Å². The van der Waals surface area contributed by atoms with E-state index in [2.05, 4.69) is 10.3 Å². The van der Waals surface area contributed by atoms with E-state index in [0.29, 0.717) is 18.8 Å². The second-order valence-electron chi connectivity index (χ2n) is 6.61. The number of amides is 2. The molecule has 1 saturated heterocycles. The highest BCUT2D eigenvalue weighted by atomic mass is 16.2. The van der Waals surface area contributed by atoms with Gasteiger partial charge in [0, 0.05) is 18.2 Å². The number of nitrogens with zero attached hydrogens (tertiary/aromatic N) is 2. The van der Waals surface area contributed by atoms with Crippen LogP contribution in [0.1, 0.15) is 39.2 Å². The van der Waals surface area contributed by atoms with E-state index in [1.165, 1.54) is 0 Å². The number of rotatable bonds is 2. The minimum atomic E-state index is -0.468. The quantitative estimate of drug-likeness (QED) is 0.909. The van der Waals surface area contributed by atoms with Gasteiger partial charge in [-0.15, -0.1) is 0 Å². The molecular formula is C16H23N3O2. The van der Waals surface area contributed by atoms with Crippen molar-refractivity contribution >= 4 is 17.6 Å². The largest absolute Gasteiger partial charge is 0.330 e. The van der Waals surface area contributed by atoms with Crippen molar-refractivity contribution in [2.24, 2.45) is 5.41 Å². The normalized spacial score (nSPS) is 18.7. The van der Waals surface area contributed by atoms with E-state index >= 15 is 0 Å². The second kappa shape index (κ2) is 5.84. The first-order chi connectivity index (χ1) is 9.79. The zero-order valence-corrected chi connectivity index (χ0v) is 13.1. The minimum absolute atomic E-state index is 0.0253. The fourth-order valence-corrected chi connectivity index (χ4v) is 2.53. The number of nitrogens with one attached hydrogen (secondary N) is 1. The Morgan fingerprint density at radius 3 is 2.71 bits per heavy atom. The molecule has 0 unspecified atom stereocenters. The van der Waals surface area contributed by atoms with Crippen LogP contribution in [0.3, 0.4) is 0 Å². The van der Waals surface area contributed by atoms with E-state index in [0.717, 1.165) is 12.0 Å². The molecule has 1 aromatic rings. The first kappa shape index (κ1) is 15.5. The zero-order valence-electron chi connectivity index (χ0n) is 13.1. The molecule has 0 spiro atoms. The number of carbonyl (C=O) groups excluding carboxylic acids is 2. The van der Waals surface area contributed by atoms with Crippen LogP contribution in [0, 0.1) is 12.3 Å². The lowest BCUT2D eigenvalue weighted by molar-refractivity contribution is -0.143. The molecule has 1 aliphatic heterocycles. The van der Waals surface area contributed by atoms with Gasteiger partial charge in [-0.25, -0.2) is 4.98 Å². The number of hydrogen-bond donors (Lipinski definition) is 1. The van der Waals surface area contributed by atoms with E-state index in [1.54, 1.807) is 11.1 Å². The van der Waals surface area contributed by atoms with Crippen molar-refractivity contribution in [3.8, 4) is 0 Å². The number of carbonyl (C=O) groups is 2. The molecule has 1 aliphatic rings. The number of aromatic nitrogens is 1. The maximum absolute atomic E-state index is 12.4. The van der Waals surface area contributed by atoms with Crippen molar-refractivity contribution in [1.29, 1.82) is 0 Å².